The van der Waals surface area contributed by atoms with Gasteiger partial charge in [0.1, 0.15) is 29.8 Å². The van der Waals surface area contributed by atoms with Gasteiger partial charge in [-0.2, -0.15) is 0 Å². The van der Waals surface area contributed by atoms with Crippen molar-refractivity contribution in [1.29, 1.82) is 0 Å². The van der Waals surface area contributed by atoms with Crippen LogP contribution in [0.25, 0.3) is 0 Å². The summed E-state index contributed by atoms with van der Waals surface area (Å²) in [6.45, 7) is 4.65. The molecule has 12 nitrogen and oxygen atoms in total. The van der Waals surface area contributed by atoms with E-state index in [1.807, 2.05) is 19.9 Å². The van der Waals surface area contributed by atoms with Crippen LogP contribution in [0, 0.1) is 17.6 Å². The van der Waals surface area contributed by atoms with Crippen LogP contribution in [0.15, 0.2) is 59.1 Å². The molecule has 0 saturated heterocycles. The zero-order valence-corrected chi connectivity index (χ0v) is 25.6. The Balaban J connectivity index is 1.66. The lowest BCUT2D eigenvalue weighted by Crippen LogP contribution is -2.57. The molecule has 0 aliphatic carbocycles. The molecule has 0 radical (unpaired) electrons. The Morgan fingerprint density at radius 2 is 1.61 bits per heavy atom. The normalized spacial score (nSPS) is 20.2. The van der Waals surface area contributed by atoms with E-state index in [9.17, 15) is 32.8 Å². The number of carbonyl (C=O) groups excluding carboxylic acids is 5. The average Bonchev–Trinajstić information content (AvgIpc) is 3.47. The number of hydrogen-bond acceptors (Lipinski definition) is 7. The quantitative estimate of drug-likeness (QED) is 0.333. The minimum atomic E-state index is -1.08. The van der Waals surface area contributed by atoms with Gasteiger partial charge in [-0.25, -0.2) is 8.78 Å². The van der Waals surface area contributed by atoms with E-state index in [4.69, 9.17) is 4.52 Å². The maximum atomic E-state index is 14.0. The third-order valence-corrected chi connectivity index (χ3v) is 7.21. The highest BCUT2D eigenvalue weighted by molar-refractivity contribution is 5.98. The molecule has 244 valence electrons. The molecule has 3 atom stereocenters. The van der Waals surface area contributed by atoms with E-state index in [0.29, 0.717) is 6.07 Å². The molecule has 3 aromatic rings. The summed E-state index contributed by atoms with van der Waals surface area (Å²) in [5.41, 5.74) is 0.291. The Hall–Kier alpha value is -5.14. The van der Waals surface area contributed by atoms with E-state index in [1.54, 1.807) is 24.3 Å². The number of hydrogen-bond donors (Lipinski definition) is 4. The summed E-state index contributed by atoms with van der Waals surface area (Å²) in [4.78, 5) is 67.5. The average molecular weight is 639 g/mol. The highest BCUT2D eigenvalue weighted by Gasteiger charge is 2.30. The lowest BCUT2D eigenvalue weighted by molar-refractivity contribution is -0.132. The second kappa shape index (κ2) is 15.2. The van der Waals surface area contributed by atoms with Gasteiger partial charge in [0.15, 0.2) is 11.5 Å². The van der Waals surface area contributed by atoms with Crippen molar-refractivity contribution in [3.63, 3.8) is 0 Å². The lowest BCUT2D eigenvalue weighted by Gasteiger charge is -2.26. The molecule has 0 saturated carbocycles. The van der Waals surface area contributed by atoms with E-state index in [-0.39, 0.29) is 55.4 Å². The second-order valence-corrected chi connectivity index (χ2v) is 11.5. The number of amides is 5. The highest BCUT2D eigenvalue weighted by atomic mass is 19.1. The Morgan fingerprint density at radius 1 is 0.935 bits per heavy atom. The SMILES string of the molecule is CC(C)C[C@H]1NC(=O)[C@@H](C)NC(=O)c2cc(on2)CN(C(=O)c2cc(F)cc(F)c2)CCNC(=O)[C@@H](Cc2ccccc2)NC1=O. The zero-order valence-electron chi connectivity index (χ0n) is 25.6. The molecule has 14 heteroatoms. The predicted octanol–water partition coefficient (Wildman–Crippen LogP) is 2.10. The first-order chi connectivity index (χ1) is 21.9. The van der Waals surface area contributed by atoms with Crippen LogP contribution in [-0.4, -0.2) is 70.8 Å². The van der Waals surface area contributed by atoms with Gasteiger partial charge < -0.3 is 30.7 Å². The summed E-state index contributed by atoms with van der Waals surface area (Å²) in [7, 11) is 0. The van der Waals surface area contributed by atoms with Gasteiger partial charge in [0.05, 0.1) is 6.54 Å². The van der Waals surface area contributed by atoms with Gasteiger partial charge in [0.25, 0.3) is 11.8 Å². The van der Waals surface area contributed by atoms with Gasteiger partial charge in [0, 0.05) is 37.2 Å². The predicted molar refractivity (Wildman–Crippen MR) is 161 cm³/mol. The molecular weight excluding hydrogens is 602 g/mol. The van der Waals surface area contributed by atoms with Crippen LogP contribution in [0.2, 0.25) is 0 Å². The molecule has 1 aliphatic heterocycles. The van der Waals surface area contributed by atoms with Crippen LogP contribution >= 0.6 is 0 Å². The monoisotopic (exact) mass is 638 g/mol. The van der Waals surface area contributed by atoms with Crippen molar-refractivity contribution < 1.29 is 37.3 Å². The smallest absolute Gasteiger partial charge is 0.274 e. The fourth-order valence-electron chi connectivity index (χ4n) is 4.90. The van der Waals surface area contributed by atoms with Crippen LogP contribution in [-0.2, 0) is 27.3 Å². The topological polar surface area (TPSA) is 163 Å². The highest BCUT2D eigenvalue weighted by Crippen LogP contribution is 2.15. The fraction of sp³-hybridized carbons (Fsp3) is 0.375. The number of carbonyl (C=O) groups is 5. The van der Waals surface area contributed by atoms with Crippen molar-refractivity contribution in [3.05, 3.63) is 88.8 Å². The third kappa shape index (κ3) is 9.19. The van der Waals surface area contributed by atoms with E-state index in [1.165, 1.54) is 17.9 Å². The number of nitrogens with one attached hydrogen (secondary N) is 4. The summed E-state index contributed by atoms with van der Waals surface area (Å²) in [6, 6.07) is 9.48. The van der Waals surface area contributed by atoms with Crippen LogP contribution in [0.4, 0.5) is 8.78 Å². The minimum absolute atomic E-state index is 0.0103. The maximum Gasteiger partial charge on any atom is 0.274 e. The molecule has 2 bridgehead atoms. The molecule has 0 spiro atoms. The van der Waals surface area contributed by atoms with E-state index in [2.05, 4.69) is 26.4 Å². The van der Waals surface area contributed by atoms with E-state index < -0.39 is 59.3 Å². The molecule has 4 N–H and O–H groups in total. The molecular formula is C32H36F2N6O6. The van der Waals surface area contributed by atoms with Crippen LogP contribution in [0.1, 0.15) is 59.4 Å². The molecule has 46 heavy (non-hydrogen) atoms. The Morgan fingerprint density at radius 3 is 2.28 bits per heavy atom. The molecule has 0 fully saturated rings. The molecule has 2 aromatic carbocycles. The van der Waals surface area contributed by atoms with Crippen molar-refractivity contribution in [2.24, 2.45) is 5.92 Å². The van der Waals surface area contributed by atoms with Crippen molar-refractivity contribution in [2.75, 3.05) is 13.1 Å². The van der Waals surface area contributed by atoms with Gasteiger partial charge in [0.2, 0.25) is 17.7 Å². The summed E-state index contributed by atoms with van der Waals surface area (Å²) >= 11 is 0. The van der Waals surface area contributed by atoms with Gasteiger partial charge in [-0.1, -0.05) is 49.3 Å². The minimum Gasteiger partial charge on any atom is -0.359 e. The van der Waals surface area contributed by atoms with Crippen molar-refractivity contribution in [3.8, 4) is 0 Å². The van der Waals surface area contributed by atoms with Gasteiger partial charge in [-0.3, -0.25) is 24.0 Å². The summed E-state index contributed by atoms with van der Waals surface area (Å²) < 4.78 is 33.2. The van der Waals surface area contributed by atoms with Gasteiger partial charge in [-0.15, -0.1) is 0 Å². The molecule has 1 aromatic heterocycles. The molecule has 2 heterocycles. The maximum absolute atomic E-state index is 14.0. The Kier molecular flexibility index (Phi) is 11.2. The van der Waals surface area contributed by atoms with Crippen molar-refractivity contribution >= 4 is 29.5 Å². The van der Waals surface area contributed by atoms with E-state index in [0.717, 1.165) is 17.7 Å². The van der Waals surface area contributed by atoms with Crippen molar-refractivity contribution in [1.82, 2.24) is 31.3 Å². The van der Waals surface area contributed by atoms with Crippen LogP contribution in [0.3, 0.4) is 0 Å². The second-order valence-electron chi connectivity index (χ2n) is 11.5. The Bertz CT molecular complexity index is 1560. The number of rotatable bonds is 5. The van der Waals surface area contributed by atoms with Gasteiger partial charge >= 0.3 is 0 Å². The molecule has 1 aliphatic rings. The fourth-order valence-corrected chi connectivity index (χ4v) is 4.90. The third-order valence-electron chi connectivity index (χ3n) is 7.21. The summed E-state index contributed by atoms with van der Waals surface area (Å²) in [5.74, 6) is -5.17. The number of halogens is 2. The number of nitrogens with zero attached hydrogens (tertiary/aromatic N) is 2. The lowest BCUT2D eigenvalue weighted by atomic mass is 10.0. The largest absolute Gasteiger partial charge is 0.359 e. The Labute approximate surface area is 264 Å². The van der Waals surface area contributed by atoms with Crippen molar-refractivity contribution in [2.45, 2.75) is 58.3 Å². The molecule has 4 rings (SSSR count). The molecule has 0 unspecified atom stereocenters. The number of benzene rings is 2. The first kappa shape index (κ1) is 33.7. The van der Waals surface area contributed by atoms with Gasteiger partial charge in [-0.05, 0) is 37.0 Å². The number of aromatic nitrogens is 1. The van der Waals surface area contributed by atoms with Crippen LogP contribution < -0.4 is 21.3 Å². The first-order valence-corrected chi connectivity index (χ1v) is 14.8. The van der Waals surface area contributed by atoms with Crippen LogP contribution in [0.5, 0.6) is 0 Å². The standard InChI is InChI=1S/C32H36F2N6O6/c1-18(2)11-25-30(43)38-26(12-20-7-5-4-6-8-20)29(42)35-9-10-40(32(45)21-13-22(33)15-23(34)14-21)17-24-16-27(39-46-24)31(44)36-19(3)28(41)37-25/h4-8,13-16,18-19,25-26H,9-12,17H2,1-3H3,(H,35,42)(H,36,44)(H,37,41)(H,38,43)/t19-,25-,26-/m1/s1. The summed E-state index contributed by atoms with van der Waals surface area (Å²) in [6.07, 6.45) is 0.377. The molecule has 5 amide bonds. The first-order valence-electron chi connectivity index (χ1n) is 14.8. The zero-order chi connectivity index (χ0) is 33.4. The van der Waals surface area contributed by atoms with E-state index >= 15 is 0 Å². The summed E-state index contributed by atoms with van der Waals surface area (Å²) in [5, 5.41) is 14.4. The number of fused-ring (bicyclic) bond motifs is 2.